The molecular formula is C20H22F2N4OS. The van der Waals surface area contributed by atoms with Gasteiger partial charge < -0.3 is 9.14 Å². The summed E-state index contributed by atoms with van der Waals surface area (Å²) in [7, 11) is 2.13. The maximum absolute atomic E-state index is 12.2. The molecule has 0 spiro atoms. The van der Waals surface area contributed by atoms with Crippen LogP contribution in [0.25, 0.3) is 11.5 Å². The van der Waals surface area contributed by atoms with Crippen LogP contribution in [0.4, 0.5) is 14.5 Å². The molecule has 1 aliphatic rings. The zero-order valence-corrected chi connectivity index (χ0v) is 16.6. The summed E-state index contributed by atoms with van der Waals surface area (Å²) in [6, 6.07) is 13.8. The molecule has 4 rings (SSSR count). The van der Waals surface area contributed by atoms with Gasteiger partial charge in [0.25, 0.3) is 5.89 Å². The summed E-state index contributed by atoms with van der Waals surface area (Å²) in [5.74, 6) is -0.521. The molecule has 1 aliphatic heterocycles. The zero-order chi connectivity index (χ0) is 20.1. The molecule has 0 amide bonds. The van der Waals surface area contributed by atoms with E-state index in [1.807, 2.05) is 19.1 Å². The van der Waals surface area contributed by atoms with Gasteiger partial charge in [0.1, 0.15) is 0 Å². The number of fused-ring (bicyclic) bond motifs is 1. The van der Waals surface area contributed by atoms with Gasteiger partial charge >= 0.3 is 6.43 Å². The summed E-state index contributed by atoms with van der Waals surface area (Å²) in [4.78, 5) is 2.30. The number of anilines is 1. The Morgan fingerprint density at radius 1 is 1.11 bits per heavy atom. The van der Waals surface area contributed by atoms with Crippen molar-refractivity contribution in [2.45, 2.75) is 32.9 Å². The number of halogens is 2. The van der Waals surface area contributed by atoms with Gasteiger partial charge in [0.15, 0.2) is 0 Å². The first-order valence-electron chi connectivity index (χ1n) is 8.91. The number of hydrogen-bond acceptors (Lipinski definition) is 6. The van der Waals surface area contributed by atoms with Crippen LogP contribution in [0, 0.1) is 0 Å². The van der Waals surface area contributed by atoms with E-state index in [1.54, 1.807) is 12.1 Å². The van der Waals surface area contributed by atoms with E-state index in [0.717, 1.165) is 30.8 Å². The van der Waals surface area contributed by atoms with Gasteiger partial charge in [0.2, 0.25) is 5.89 Å². The molecule has 0 saturated heterocycles. The van der Waals surface area contributed by atoms with Gasteiger partial charge in [-0.05, 0) is 54.4 Å². The van der Waals surface area contributed by atoms with Gasteiger partial charge in [-0.1, -0.05) is 37.9 Å². The topological polar surface area (TPSA) is 54.2 Å². The predicted molar refractivity (Wildman–Crippen MR) is 108 cm³/mol. The SMILES string of the molecule is CCc1ccc(-c2nnc(C(F)F)o2)cc1.CN1Cc2ccc(NS)cc2C1. The highest BCUT2D eigenvalue weighted by atomic mass is 32.1. The first-order valence-corrected chi connectivity index (χ1v) is 9.36. The molecule has 0 bridgehead atoms. The van der Waals surface area contributed by atoms with Crippen LogP contribution in [0.1, 0.15) is 35.9 Å². The molecule has 0 aliphatic carbocycles. The van der Waals surface area contributed by atoms with Crippen molar-refractivity contribution >= 4 is 18.5 Å². The van der Waals surface area contributed by atoms with Crippen LogP contribution in [0.3, 0.4) is 0 Å². The molecule has 2 aromatic carbocycles. The molecule has 0 saturated carbocycles. The van der Waals surface area contributed by atoms with Crippen LogP contribution < -0.4 is 4.72 Å². The molecule has 3 aromatic rings. The third-order valence-electron chi connectivity index (χ3n) is 4.45. The lowest BCUT2D eigenvalue weighted by Crippen LogP contribution is -2.07. The number of nitrogens with zero attached hydrogens (tertiary/aromatic N) is 3. The summed E-state index contributed by atoms with van der Waals surface area (Å²) in [5.41, 5.74) is 5.74. The monoisotopic (exact) mass is 404 g/mol. The lowest BCUT2D eigenvalue weighted by molar-refractivity contribution is 0.116. The van der Waals surface area contributed by atoms with E-state index < -0.39 is 12.3 Å². The van der Waals surface area contributed by atoms with Crippen molar-refractivity contribution in [1.82, 2.24) is 15.1 Å². The second kappa shape index (κ2) is 9.16. The van der Waals surface area contributed by atoms with Crippen molar-refractivity contribution in [3.05, 3.63) is 65.0 Å². The third kappa shape index (κ3) is 4.88. The molecule has 1 N–H and O–H groups in total. The summed E-state index contributed by atoms with van der Waals surface area (Å²) in [6.07, 6.45) is -1.80. The van der Waals surface area contributed by atoms with Crippen molar-refractivity contribution in [3.8, 4) is 11.5 Å². The summed E-state index contributed by atoms with van der Waals surface area (Å²) < 4.78 is 32.1. The molecule has 0 unspecified atom stereocenters. The van der Waals surface area contributed by atoms with E-state index in [-0.39, 0.29) is 5.89 Å². The molecule has 5 nitrogen and oxygen atoms in total. The lowest BCUT2D eigenvalue weighted by Gasteiger charge is -2.02. The maximum Gasteiger partial charge on any atom is 0.314 e. The average Bonchev–Trinajstić information content (AvgIpc) is 3.34. The minimum atomic E-state index is -2.73. The fourth-order valence-electron chi connectivity index (χ4n) is 2.96. The highest BCUT2D eigenvalue weighted by Gasteiger charge is 2.17. The van der Waals surface area contributed by atoms with E-state index in [0.29, 0.717) is 5.56 Å². The van der Waals surface area contributed by atoms with Gasteiger partial charge in [0, 0.05) is 24.3 Å². The van der Waals surface area contributed by atoms with E-state index >= 15 is 0 Å². The van der Waals surface area contributed by atoms with Gasteiger partial charge in [0.05, 0.1) is 0 Å². The number of aryl methyl sites for hydroxylation is 1. The fraction of sp³-hybridized carbons (Fsp3) is 0.300. The zero-order valence-electron chi connectivity index (χ0n) is 15.7. The Morgan fingerprint density at radius 2 is 1.82 bits per heavy atom. The van der Waals surface area contributed by atoms with Gasteiger partial charge in [-0.2, -0.15) is 8.78 Å². The number of alkyl halides is 2. The van der Waals surface area contributed by atoms with Crippen LogP contribution in [-0.4, -0.2) is 22.1 Å². The van der Waals surface area contributed by atoms with Gasteiger partial charge in [-0.15, -0.1) is 10.2 Å². The van der Waals surface area contributed by atoms with Crippen molar-refractivity contribution in [3.63, 3.8) is 0 Å². The minimum Gasteiger partial charge on any atom is -0.415 e. The number of rotatable bonds is 4. The first-order chi connectivity index (χ1) is 13.5. The van der Waals surface area contributed by atoms with Crippen molar-refractivity contribution in [2.75, 3.05) is 11.8 Å². The molecule has 0 radical (unpaired) electrons. The molecule has 8 heteroatoms. The summed E-state index contributed by atoms with van der Waals surface area (Å²) in [6.45, 7) is 4.16. The molecule has 148 valence electrons. The first kappa shape index (κ1) is 20.3. The molecule has 0 atom stereocenters. The summed E-state index contributed by atoms with van der Waals surface area (Å²) in [5, 5.41) is 6.83. The number of benzene rings is 2. The van der Waals surface area contributed by atoms with E-state index in [1.165, 1.54) is 11.1 Å². The van der Waals surface area contributed by atoms with Crippen LogP contribution in [-0.2, 0) is 19.5 Å². The second-order valence-electron chi connectivity index (χ2n) is 6.56. The largest absolute Gasteiger partial charge is 0.415 e. The Morgan fingerprint density at radius 3 is 2.43 bits per heavy atom. The number of aromatic nitrogens is 2. The second-order valence-corrected chi connectivity index (χ2v) is 6.79. The summed E-state index contributed by atoms with van der Waals surface area (Å²) >= 11 is 4.01. The molecule has 1 aromatic heterocycles. The number of thiol groups is 1. The van der Waals surface area contributed by atoms with E-state index in [4.69, 9.17) is 4.42 Å². The molecule has 28 heavy (non-hydrogen) atoms. The number of nitrogens with one attached hydrogen (secondary N) is 1. The Kier molecular flexibility index (Phi) is 6.64. The molecule has 2 heterocycles. The van der Waals surface area contributed by atoms with Crippen molar-refractivity contribution < 1.29 is 13.2 Å². The van der Waals surface area contributed by atoms with Crippen LogP contribution in [0.2, 0.25) is 0 Å². The number of hydrogen-bond donors (Lipinski definition) is 2. The third-order valence-corrected chi connectivity index (χ3v) is 4.71. The molecular weight excluding hydrogens is 382 g/mol. The van der Waals surface area contributed by atoms with Crippen LogP contribution in [0.5, 0.6) is 0 Å². The smallest absolute Gasteiger partial charge is 0.314 e. The highest BCUT2D eigenvalue weighted by molar-refractivity contribution is 7.81. The Labute approximate surface area is 168 Å². The highest BCUT2D eigenvalue weighted by Crippen LogP contribution is 2.25. The van der Waals surface area contributed by atoms with Crippen molar-refractivity contribution in [2.24, 2.45) is 0 Å². The van der Waals surface area contributed by atoms with E-state index in [2.05, 4.69) is 57.9 Å². The minimum absolute atomic E-state index is 0.123. The quantitative estimate of drug-likeness (QED) is 0.591. The maximum atomic E-state index is 12.2. The standard InChI is InChI=1S/C11H10F2N2O.C9H12N2S/c1-2-7-3-5-8(6-4-7)10-14-15-11(16-10)9(12)13;1-11-5-7-2-3-9(10-12)4-8(7)6-11/h3-6,9H,2H2,1H3;2-4,10,12H,5-6H2,1H3. The fourth-order valence-corrected chi connectivity index (χ4v) is 3.10. The van der Waals surface area contributed by atoms with Gasteiger partial charge in [-0.3, -0.25) is 4.90 Å². The molecule has 0 fully saturated rings. The Hall–Kier alpha value is -2.45. The van der Waals surface area contributed by atoms with E-state index in [9.17, 15) is 8.78 Å². The normalized spacial score (nSPS) is 13.2. The predicted octanol–water partition coefficient (Wildman–Crippen LogP) is 5.13. The average molecular weight is 404 g/mol. The van der Waals surface area contributed by atoms with Gasteiger partial charge in [-0.25, -0.2) is 0 Å². The Balaban J connectivity index is 0.000000167. The van der Waals surface area contributed by atoms with Crippen molar-refractivity contribution in [1.29, 1.82) is 0 Å². The lowest BCUT2D eigenvalue weighted by atomic mass is 10.1. The van der Waals surface area contributed by atoms with Crippen LogP contribution >= 0.6 is 12.8 Å². The Bertz CT molecular complexity index is 915. The van der Waals surface area contributed by atoms with Crippen LogP contribution in [0.15, 0.2) is 46.9 Å².